The molecule has 2 aromatic rings. The van der Waals surface area contributed by atoms with Crippen molar-refractivity contribution in [1.29, 1.82) is 0 Å². The number of amides is 2. The summed E-state index contributed by atoms with van der Waals surface area (Å²) < 4.78 is 16.3. The average Bonchev–Trinajstić information content (AvgIpc) is 2.84. The number of carboxylic acids is 1. The van der Waals surface area contributed by atoms with Gasteiger partial charge in [-0.05, 0) is 53.3 Å². The number of carboxylic acid groups (broad SMARTS) is 1. The Kier molecular flexibility index (Phi) is 7.68. The molecule has 178 valence electrons. The van der Waals surface area contributed by atoms with Crippen LogP contribution in [0.5, 0.6) is 17.2 Å². The molecule has 33 heavy (non-hydrogen) atoms. The summed E-state index contributed by atoms with van der Waals surface area (Å²) in [4.78, 5) is 26.9. The first-order valence-electron chi connectivity index (χ1n) is 11.0. The van der Waals surface area contributed by atoms with E-state index in [1.807, 2.05) is 50.2 Å². The molecule has 1 aliphatic heterocycles. The van der Waals surface area contributed by atoms with Crippen molar-refractivity contribution in [1.82, 2.24) is 10.2 Å². The number of aliphatic carboxylic acids is 1. The zero-order valence-corrected chi connectivity index (χ0v) is 19.8. The molecule has 8 nitrogen and oxygen atoms in total. The first-order valence-corrected chi connectivity index (χ1v) is 11.0. The number of carbonyl (C=O) groups is 2. The molecule has 2 aromatic carbocycles. The highest BCUT2D eigenvalue weighted by Gasteiger charge is 2.36. The number of nitrogens with zero attached hydrogens (tertiary/aromatic N) is 1. The average molecular weight is 457 g/mol. The molecular weight excluding hydrogens is 424 g/mol. The van der Waals surface area contributed by atoms with E-state index in [0.29, 0.717) is 36.6 Å². The topological polar surface area (TPSA) is 97.3 Å². The zero-order valence-electron chi connectivity index (χ0n) is 19.8. The number of ether oxygens (including phenoxy) is 3. The minimum atomic E-state index is -1.04. The molecule has 0 aromatic heterocycles. The van der Waals surface area contributed by atoms with Crippen LogP contribution in [0.25, 0.3) is 0 Å². The molecule has 0 saturated carbocycles. The van der Waals surface area contributed by atoms with E-state index in [2.05, 4.69) is 5.32 Å². The molecule has 1 heterocycles. The Balaban J connectivity index is 2.06. The minimum absolute atomic E-state index is 0.202. The van der Waals surface area contributed by atoms with Gasteiger partial charge >= 0.3 is 12.0 Å². The molecule has 8 heteroatoms. The van der Waals surface area contributed by atoms with Crippen LogP contribution < -0.4 is 19.5 Å². The maximum absolute atomic E-state index is 13.4. The van der Waals surface area contributed by atoms with Gasteiger partial charge in [0.2, 0.25) is 0 Å². The normalized spacial score (nSPS) is 16.9. The minimum Gasteiger partial charge on any atom is -0.497 e. The summed E-state index contributed by atoms with van der Waals surface area (Å²) in [6.45, 7) is 4.16. The molecule has 2 N–H and O–H groups in total. The molecule has 0 aliphatic carbocycles. The lowest BCUT2D eigenvalue weighted by atomic mass is 9.87. The summed E-state index contributed by atoms with van der Waals surface area (Å²) in [6, 6.07) is 9.56. The van der Waals surface area contributed by atoms with Crippen molar-refractivity contribution in [2.24, 2.45) is 5.92 Å². The van der Waals surface area contributed by atoms with Crippen molar-refractivity contribution in [2.75, 3.05) is 27.9 Å². The molecule has 0 saturated heterocycles. The third-order valence-electron chi connectivity index (χ3n) is 6.32. The van der Waals surface area contributed by atoms with E-state index in [9.17, 15) is 14.7 Å². The predicted octanol–water partition coefficient (Wildman–Crippen LogP) is 3.87. The molecule has 0 fully saturated rings. The van der Waals surface area contributed by atoms with E-state index < -0.39 is 24.1 Å². The molecule has 0 bridgehead atoms. The van der Waals surface area contributed by atoms with Crippen molar-refractivity contribution < 1.29 is 28.9 Å². The van der Waals surface area contributed by atoms with Gasteiger partial charge in [0.15, 0.2) is 11.5 Å². The fraction of sp³-hybridized carbons (Fsp3) is 0.440. The monoisotopic (exact) mass is 456 g/mol. The molecule has 3 atom stereocenters. The fourth-order valence-corrected chi connectivity index (χ4v) is 4.21. The molecular formula is C25H32N2O6. The number of nitrogens with one attached hydrogen (secondary N) is 1. The van der Waals surface area contributed by atoms with Crippen molar-refractivity contribution in [3.63, 3.8) is 0 Å². The highest BCUT2D eigenvalue weighted by atomic mass is 16.5. The maximum atomic E-state index is 13.4. The van der Waals surface area contributed by atoms with E-state index in [1.54, 1.807) is 26.2 Å². The van der Waals surface area contributed by atoms with Crippen molar-refractivity contribution in [3.8, 4) is 17.2 Å². The van der Waals surface area contributed by atoms with Crippen LogP contribution in [0.1, 0.15) is 43.0 Å². The third kappa shape index (κ3) is 4.99. The number of fused-ring (bicyclic) bond motifs is 1. The molecule has 2 amide bonds. The van der Waals surface area contributed by atoms with Gasteiger partial charge in [0.25, 0.3) is 0 Å². The van der Waals surface area contributed by atoms with Crippen molar-refractivity contribution in [3.05, 3.63) is 53.1 Å². The van der Waals surface area contributed by atoms with E-state index in [1.165, 1.54) is 0 Å². The Morgan fingerprint density at radius 3 is 2.27 bits per heavy atom. The number of benzene rings is 2. The van der Waals surface area contributed by atoms with Gasteiger partial charge in [-0.3, -0.25) is 0 Å². The van der Waals surface area contributed by atoms with Gasteiger partial charge in [-0.25, -0.2) is 9.59 Å². The number of hydrogen-bond acceptors (Lipinski definition) is 5. The zero-order chi connectivity index (χ0) is 24.1. The summed E-state index contributed by atoms with van der Waals surface area (Å²) in [7, 11) is 4.76. The van der Waals surface area contributed by atoms with Crippen LogP contribution in [0.4, 0.5) is 4.79 Å². The van der Waals surface area contributed by atoms with E-state index in [4.69, 9.17) is 14.2 Å². The lowest BCUT2D eigenvalue weighted by Gasteiger charge is -2.39. The number of rotatable bonds is 8. The Bertz CT molecular complexity index is 991. The number of methoxy groups -OCH3 is 3. The first-order chi connectivity index (χ1) is 15.8. The summed E-state index contributed by atoms with van der Waals surface area (Å²) in [5, 5.41) is 12.4. The maximum Gasteiger partial charge on any atom is 0.326 e. The first kappa shape index (κ1) is 24.2. The highest BCUT2D eigenvalue weighted by Crippen LogP contribution is 2.41. The summed E-state index contributed by atoms with van der Waals surface area (Å²) in [5.41, 5.74) is 2.85. The second-order valence-corrected chi connectivity index (χ2v) is 8.18. The molecule has 1 aliphatic rings. The number of hydrogen-bond donors (Lipinski definition) is 2. The fourth-order valence-electron chi connectivity index (χ4n) is 4.21. The lowest BCUT2D eigenvalue weighted by molar-refractivity contribution is -0.140. The quantitative estimate of drug-likeness (QED) is 0.626. The van der Waals surface area contributed by atoms with Crippen molar-refractivity contribution in [2.45, 2.75) is 38.8 Å². The van der Waals surface area contributed by atoms with Gasteiger partial charge in [-0.15, -0.1) is 0 Å². The summed E-state index contributed by atoms with van der Waals surface area (Å²) >= 11 is 0. The second kappa shape index (κ2) is 10.5. The Morgan fingerprint density at radius 2 is 1.73 bits per heavy atom. The van der Waals surface area contributed by atoms with E-state index >= 15 is 0 Å². The molecule has 0 spiro atoms. The predicted molar refractivity (Wildman–Crippen MR) is 124 cm³/mol. The standard InChI is InChI=1S/C25H32N2O6/c1-6-15(2)22(24(28)29)26-25(30)27-12-11-17-13-20(32-4)21(33-5)14-19(17)23(27)16-7-9-18(31-3)10-8-16/h7-10,13-15,22-23H,6,11-12H2,1-5H3,(H,26,30)(H,28,29)/t15-,22-,23-/m0/s1. The van der Waals surface area contributed by atoms with Crippen LogP contribution >= 0.6 is 0 Å². The van der Waals surface area contributed by atoms with Crippen LogP contribution in [-0.4, -0.2) is 55.9 Å². The van der Waals surface area contributed by atoms with E-state index in [-0.39, 0.29) is 5.92 Å². The Hall–Kier alpha value is -3.42. The lowest BCUT2D eigenvalue weighted by Crippen LogP contribution is -2.53. The molecule has 0 unspecified atom stereocenters. The van der Waals surface area contributed by atoms with Gasteiger partial charge in [0.05, 0.1) is 27.4 Å². The largest absolute Gasteiger partial charge is 0.497 e. The van der Waals surface area contributed by atoms with Gasteiger partial charge in [-0.1, -0.05) is 32.4 Å². The number of carbonyl (C=O) groups excluding carboxylic acids is 1. The molecule has 0 radical (unpaired) electrons. The van der Waals surface area contributed by atoms with Crippen LogP contribution in [0.3, 0.4) is 0 Å². The van der Waals surface area contributed by atoms with Gasteiger partial charge in [-0.2, -0.15) is 0 Å². The van der Waals surface area contributed by atoms with Gasteiger partial charge < -0.3 is 29.5 Å². The van der Waals surface area contributed by atoms with Gasteiger partial charge in [0.1, 0.15) is 11.8 Å². The highest BCUT2D eigenvalue weighted by molar-refractivity contribution is 5.83. The van der Waals surface area contributed by atoms with E-state index in [0.717, 1.165) is 16.7 Å². The third-order valence-corrected chi connectivity index (χ3v) is 6.32. The SMILES string of the molecule is CC[C@H](C)[C@H](NC(=O)N1CCc2cc(OC)c(OC)cc2[C@@H]1c1ccc(OC)cc1)C(=O)O. The van der Waals surface area contributed by atoms with Crippen LogP contribution in [0.2, 0.25) is 0 Å². The Morgan fingerprint density at radius 1 is 1.09 bits per heavy atom. The van der Waals surface area contributed by atoms with Crippen LogP contribution in [0.15, 0.2) is 36.4 Å². The van der Waals surface area contributed by atoms with Crippen molar-refractivity contribution >= 4 is 12.0 Å². The smallest absolute Gasteiger partial charge is 0.326 e. The number of urea groups is 1. The Labute approximate surface area is 194 Å². The summed E-state index contributed by atoms with van der Waals surface area (Å²) in [6.07, 6.45) is 1.25. The molecule has 3 rings (SSSR count). The van der Waals surface area contributed by atoms with Crippen LogP contribution in [-0.2, 0) is 11.2 Å². The second-order valence-electron chi connectivity index (χ2n) is 8.18. The van der Waals surface area contributed by atoms with Gasteiger partial charge in [0, 0.05) is 6.54 Å². The summed E-state index contributed by atoms with van der Waals surface area (Å²) in [5.74, 6) is 0.668. The van der Waals surface area contributed by atoms with Crippen LogP contribution in [0, 0.1) is 5.92 Å².